The van der Waals surface area contributed by atoms with E-state index in [4.69, 9.17) is 0 Å². The summed E-state index contributed by atoms with van der Waals surface area (Å²) in [6, 6.07) is 7.92. The van der Waals surface area contributed by atoms with Crippen molar-refractivity contribution in [3.8, 4) is 0 Å². The van der Waals surface area contributed by atoms with Crippen LogP contribution in [0.2, 0.25) is 0 Å². The summed E-state index contributed by atoms with van der Waals surface area (Å²) in [4.78, 5) is 33.3. The van der Waals surface area contributed by atoms with Crippen molar-refractivity contribution >= 4 is 51.5 Å². The zero-order valence-electron chi connectivity index (χ0n) is 15.4. The maximum atomic E-state index is 12.9. The van der Waals surface area contributed by atoms with E-state index < -0.39 is 5.92 Å². The monoisotopic (exact) mass is 380 g/mol. The lowest BCUT2D eigenvalue weighted by atomic mass is 10.00. The molecule has 6 nitrogen and oxygen atoms in total. The van der Waals surface area contributed by atoms with E-state index in [2.05, 4.69) is 46.0 Å². The second kappa shape index (κ2) is 6.81. The van der Waals surface area contributed by atoms with Gasteiger partial charge in [0.15, 0.2) is 0 Å². The number of thioether (sulfide) groups is 1. The quantitative estimate of drug-likeness (QED) is 0.876. The number of anilines is 1. The van der Waals surface area contributed by atoms with Crippen molar-refractivity contribution in [2.75, 3.05) is 5.32 Å². The Kier molecular flexibility index (Phi) is 4.47. The summed E-state index contributed by atoms with van der Waals surface area (Å²) < 4.78 is 2.20. The van der Waals surface area contributed by atoms with Gasteiger partial charge in [-0.05, 0) is 36.6 Å². The van der Waals surface area contributed by atoms with Gasteiger partial charge in [-0.3, -0.25) is 9.59 Å². The Morgan fingerprint density at radius 1 is 1.33 bits per heavy atom. The predicted octanol–water partition coefficient (Wildman–Crippen LogP) is 3.84. The second-order valence-corrected chi connectivity index (χ2v) is 8.18. The van der Waals surface area contributed by atoms with Crippen molar-refractivity contribution in [3.63, 3.8) is 0 Å². The van der Waals surface area contributed by atoms with Crippen LogP contribution in [0.3, 0.4) is 0 Å². The number of hydrogen-bond donors (Lipinski definition) is 1. The highest BCUT2D eigenvalue weighted by Crippen LogP contribution is 2.40. The Balaban J connectivity index is 1.62. The van der Waals surface area contributed by atoms with Gasteiger partial charge < -0.3 is 9.88 Å². The minimum atomic E-state index is -0.510. The lowest BCUT2D eigenvalue weighted by Crippen LogP contribution is -2.21. The summed E-state index contributed by atoms with van der Waals surface area (Å²) in [5.41, 5.74) is 2.57. The van der Waals surface area contributed by atoms with E-state index in [1.165, 1.54) is 18.1 Å². The molecule has 0 radical (unpaired) electrons. The van der Waals surface area contributed by atoms with E-state index in [1.54, 1.807) is 6.92 Å². The van der Waals surface area contributed by atoms with Crippen molar-refractivity contribution in [2.24, 2.45) is 21.8 Å². The van der Waals surface area contributed by atoms with Gasteiger partial charge in [0.05, 0.1) is 21.2 Å². The van der Waals surface area contributed by atoms with Crippen LogP contribution in [-0.4, -0.2) is 27.8 Å². The number of hydrogen-bond acceptors (Lipinski definition) is 4. The number of carbonyl (C=O) groups is 2. The zero-order valence-corrected chi connectivity index (χ0v) is 16.2. The van der Waals surface area contributed by atoms with Gasteiger partial charge in [-0.15, -0.1) is 0 Å². The van der Waals surface area contributed by atoms with Crippen LogP contribution in [0.5, 0.6) is 0 Å². The molecule has 0 aliphatic carbocycles. The van der Waals surface area contributed by atoms with Crippen molar-refractivity contribution < 1.29 is 9.59 Å². The molecule has 27 heavy (non-hydrogen) atoms. The van der Waals surface area contributed by atoms with E-state index >= 15 is 0 Å². The largest absolute Gasteiger partial charge is 0.347 e. The molecular weight excluding hydrogens is 360 g/mol. The normalized spacial score (nSPS) is 19.0. The molecule has 2 aliphatic rings. The van der Waals surface area contributed by atoms with Crippen molar-refractivity contribution in [1.82, 2.24) is 4.57 Å². The van der Waals surface area contributed by atoms with Gasteiger partial charge in [0.25, 0.3) is 11.8 Å². The van der Waals surface area contributed by atoms with E-state index in [9.17, 15) is 9.59 Å². The predicted molar refractivity (Wildman–Crippen MR) is 110 cm³/mol. The number of benzene rings is 1. The molecule has 0 spiro atoms. The van der Waals surface area contributed by atoms with Crippen LogP contribution in [0.25, 0.3) is 10.9 Å². The van der Waals surface area contributed by atoms with Crippen LogP contribution < -0.4 is 5.32 Å². The summed E-state index contributed by atoms with van der Waals surface area (Å²) in [6.45, 7) is 7.08. The minimum Gasteiger partial charge on any atom is -0.347 e. The third-order valence-electron chi connectivity index (χ3n) is 4.69. The zero-order chi connectivity index (χ0) is 19.1. The molecule has 1 unspecified atom stereocenters. The minimum absolute atomic E-state index is 0.216. The summed E-state index contributed by atoms with van der Waals surface area (Å²) in [7, 11) is 0. The van der Waals surface area contributed by atoms with Crippen LogP contribution in [0.4, 0.5) is 5.69 Å². The van der Waals surface area contributed by atoms with Crippen molar-refractivity contribution in [3.05, 3.63) is 40.9 Å². The van der Waals surface area contributed by atoms with E-state index in [-0.39, 0.29) is 11.8 Å². The Hall–Kier alpha value is -2.67. The highest BCUT2D eigenvalue weighted by molar-refractivity contribution is 8.18. The van der Waals surface area contributed by atoms with Crippen LogP contribution in [0.1, 0.15) is 20.8 Å². The number of amides is 2. The number of rotatable bonds is 4. The average molecular weight is 380 g/mol. The van der Waals surface area contributed by atoms with Gasteiger partial charge in [0.1, 0.15) is 12.3 Å². The molecule has 0 saturated carbocycles. The standard InChI is InChI=1S/C20H20N4O2S/c1-11(2)9-24-8-7-13-14(5-4-6-15(13)24)23-19(26)17-12(3)16-18(25)21-10-22-20(16)27-17/h4-8,10-11,16H,9H2,1-3H3,(H,23,26). The lowest BCUT2D eigenvalue weighted by Gasteiger charge is -2.11. The summed E-state index contributed by atoms with van der Waals surface area (Å²) in [6.07, 6.45) is 3.31. The molecule has 7 heteroatoms. The SMILES string of the molecule is CC1=C(C(=O)Nc2cccc3c2ccn3CC(C)C)SC2=NC=NC(=O)C21. The first kappa shape index (κ1) is 17.7. The maximum Gasteiger partial charge on any atom is 0.262 e. The third kappa shape index (κ3) is 3.12. The van der Waals surface area contributed by atoms with Gasteiger partial charge in [0, 0.05) is 18.1 Å². The van der Waals surface area contributed by atoms with Gasteiger partial charge in [-0.2, -0.15) is 0 Å². The van der Waals surface area contributed by atoms with Gasteiger partial charge in [-0.25, -0.2) is 9.98 Å². The van der Waals surface area contributed by atoms with Crippen LogP contribution >= 0.6 is 11.8 Å². The number of nitrogens with one attached hydrogen (secondary N) is 1. The van der Waals surface area contributed by atoms with Gasteiger partial charge in [0.2, 0.25) is 0 Å². The molecule has 3 heterocycles. The molecule has 0 saturated heterocycles. The molecule has 2 aromatic rings. The fraction of sp³-hybridized carbons (Fsp3) is 0.300. The molecule has 1 aromatic heterocycles. The molecule has 1 aromatic carbocycles. The number of aliphatic imine (C=N–C) groups is 2. The smallest absolute Gasteiger partial charge is 0.262 e. The molecule has 1 N–H and O–H groups in total. The molecule has 0 bridgehead atoms. The Labute approximate surface area is 161 Å². The Morgan fingerprint density at radius 2 is 2.15 bits per heavy atom. The summed E-state index contributed by atoms with van der Waals surface area (Å²) in [5, 5.41) is 4.64. The maximum absolute atomic E-state index is 12.9. The first-order chi connectivity index (χ1) is 13.0. The lowest BCUT2D eigenvalue weighted by molar-refractivity contribution is -0.118. The summed E-state index contributed by atoms with van der Waals surface area (Å²) >= 11 is 1.25. The molecule has 2 aliphatic heterocycles. The number of carbonyl (C=O) groups excluding carboxylic acids is 2. The van der Waals surface area contributed by atoms with E-state index in [1.807, 2.05) is 18.2 Å². The Bertz CT molecular complexity index is 1050. The molecule has 4 rings (SSSR count). The van der Waals surface area contributed by atoms with E-state index in [0.29, 0.717) is 21.4 Å². The van der Waals surface area contributed by atoms with Crippen LogP contribution in [0, 0.1) is 11.8 Å². The van der Waals surface area contributed by atoms with Crippen LogP contribution in [0.15, 0.2) is 50.9 Å². The van der Waals surface area contributed by atoms with Gasteiger partial charge >= 0.3 is 0 Å². The number of nitrogens with zero attached hydrogens (tertiary/aromatic N) is 3. The molecule has 138 valence electrons. The molecule has 0 fully saturated rings. The number of aromatic nitrogens is 1. The highest BCUT2D eigenvalue weighted by Gasteiger charge is 2.39. The van der Waals surface area contributed by atoms with Crippen molar-refractivity contribution in [1.29, 1.82) is 0 Å². The first-order valence-corrected chi connectivity index (χ1v) is 9.69. The fourth-order valence-electron chi connectivity index (χ4n) is 3.46. The Morgan fingerprint density at radius 3 is 2.89 bits per heavy atom. The topological polar surface area (TPSA) is 75.8 Å². The molecular formula is C20H20N4O2S. The van der Waals surface area contributed by atoms with E-state index in [0.717, 1.165) is 23.1 Å². The number of fused-ring (bicyclic) bond motifs is 2. The summed E-state index contributed by atoms with van der Waals surface area (Å²) in [5.74, 6) is -0.457. The molecule has 2 amide bonds. The average Bonchev–Trinajstić information content (AvgIpc) is 3.18. The third-order valence-corrected chi connectivity index (χ3v) is 5.95. The van der Waals surface area contributed by atoms with Crippen LogP contribution in [-0.2, 0) is 16.1 Å². The van der Waals surface area contributed by atoms with Crippen molar-refractivity contribution in [2.45, 2.75) is 27.3 Å². The highest BCUT2D eigenvalue weighted by atomic mass is 32.2. The fourth-order valence-corrected chi connectivity index (χ4v) is 4.59. The second-order valence-electron chi connectivity index (χ2n) is 7.15. The van der Waals surface area contributed by atoms with Gasteiger partial charge in [-0.1, -0.05) is 31.7 Å². The molecule has 1 atom stereocenters. The first-order valence-electron chi connectivity index (χ1n) is 8.87.